The van der Waals surface area contributed by atoms with Crippen LogP contribution in [0.15, 0.2) is 12.3 Å². The van der Waals surface area contributed by atoms with Crippen molar-refractivity contribution in [3.8, 4) is 0 Å². The molecule has 1 N–H and O–H groups in total. The lowest BCUT2D eigenvalue weighted by Crippen LogP contribution is -2.47. The van der Waals surface area contributed by atoms with Crippen LogP contribution in [0, 0.1) is 11.2 Å². The Balaban J connectivity index is 1.58. The van der Waals surface area contributed by atoms with E-state index in [1.165, 1.54) is 31.5 Å². The van der Waals surface area contributed by atoms with Gasteiger partial charge in [0.25, 0.3) is 0 Å². The molecule has 1 spiro atoms. The predicted molar refractivity (Wildman–Crippen MR) is 75.3 cm³/mol. The third kappa shape index (κ3) is 2.59. The van der Waals surface area contributed by atoms with Gasteiger partial charge in [-0.25, -0.2) is 14.2 Å². The molecule has 2 heterocycles. The number of urea groups is 1. The number of halogens is 2. The lowest BCUT2D eigenvalue weighted by Gasteiger charge is -2.47. The van der Waals surface area contributed by atoms with E-state index in [4.69, 9.17) is 11.6 Å². The molecule has 0 atom stereocenters. The van der Waals surface area contributed by atoms with E-state index in [1.807, 2.05) is 0 Å². The predicted octanol–water partition coefficient (Wildman–Crippen LogP) is 3.67. The second kappa shape index (κ2) is 5.20. The molecule has 2 fully saturated rings. The van der Waals surface area contributed by atoms with E-state index >= 15 is 0 Å². The highest BCUT2D eigenvalue weighted by Gasteiger charge is 2.40. The van der Waals surface area contributed by atoms with Gasteiger partial charge in [-0.3, -0.25) is 0 Å². The molecule has 1 saturated heterocycles. The van der Waals surface area contributed by atoms with E-state index in [2.05, 4.69) is 10.3 Å². The van der Waals surface area contributed by atoms with Crippen molar-refractivity contribution < 1.29 is 9.18 Å². The van der Waals surface area contributed by atoms with Gasteiger partial charge in [-0.15, -0.1) is 0 Å². The van der Waals surface area contributed by atoms with Gasteiger partial charge in [0.15, 0.2) is 11.0 Å². The van der Waals surface area contributed by atoms with Crippen LogP contribution >= 0.6 is 11.6 Å². The van der Waals surface area contributed by atoms with Crippen molar-refractivity contribution in [3.05, 3.63) is 23.2 Å². The molecule has 108 valence electrons. The smallest absolute Gasteiger partial charge is 0.321 e. The third-order valence-corrected chi connectivity index (χ3v) is 4.85. The van der Waals surface area contributed by atoms with Crippen LogP contribution in [0.25, 0.3) is 0 Å². The molecule has 0 radical (unpaired) electrons. The number of piperidine rings is 1. The minimum Gasteiger partial charge on any atom is -0.324 e. The summed E-state index contributed by atoms with van der Waals surface area (Å²) in [5.74, 6) is -0.628. The Kier molecular flexibility index (Phi) is 3.54. The van der Waals surface area contributed by atoms with E-state index in [1.54, 1.807) is 4.90 Å². The summed E-state index contributed by atoms with van der Waals surface area (Å²) in [4.78, 5) is 17.6. The SMILES string of the molecule is O=C(Nc1cnc(Cl)c(F)c1)N1CCC2(CCC2)CC1. The topological polar surface area (TPSA) is 45.2 Å². The van der Waals surface area contributed by atoms with Crippen LogP contribution in [0.4, 0.5) is 14.9 Å². The van der Waals surface area contributed by atoms with Gasteiger partial charge in [0.05, 0.1) is 11.9 Å². The Morgan fingerprint density at radius 2 is 2.05 bits per heavy atom. The van der Waals surface area contributed by atoms with Crippen LogP contribution in [-0.4, -0.2) is 29.0 Å². The Morgan fingerprint density at radius 3 is 2.60 bits per heavy atom. The number of pyridine rings is 1. The van der Waals surface area contributed by atoms with Crippen LogP contribution < -0.4 is 5.32 Å². The maximum atomic E-state index is 13.3. The van der Waals surface area contributed by atoms with E-state index in [9.17, 15) is 9.18 Å². The molecule has 1 aliphatic heterocycles. The minimum absolute atomic E-state index is 0.187. The zero-order valence-electron chi connectivity index (χ0n) is 11.2. The Hall–Kier alpha value is -1.36. The van der Waals surface area contributed by atoms with Crippen LogP contribution in [-0.2, 0) is 0 Å². The van der Waals surface area contributed by atoms with E-state index < -0.39 is 5.82 Å². The van der Waals surface area contributed by atoms with E-state index in [0.717, 1.165) is 25.9 Å². The zero-order chi connectivity index (χ0) is 14.2. The lowest BCUT2D eigenvalue weighted by atomic mass is 9.63. The molecule has 1 aromatic rings. The van der Waals surface area contributed by atoms with E-state index in [0.29, 0.717) is 11.1 Å². The maximum absolute atomic E-state index is 13.3. The summed E-state index contributed by atoms with van der Waals surface area (Å²) in [6.07, 6.45) is 7.44. The summed E-state index contributed by atoms with van der Waals surface area (Å²) >= 11 is 5.51. The fourth-order valence-electron chi connectivity index (χ4n) is 3.05. The quantitative estimate of drug-likeness (QED) is 0.804. The molecule has 4 nitrogen and oxygen atoms in total. The van der Waals surface area contributed by atoms with Gasteiger partial charge in [-0.1, -0.05) is 18.0 Å². The van der Waals surface area contributed by atoms with Crippen LogP contribution in [0.1, 0.15) is 32.1 Å². The minimum atomic E-state index is -0.628. The molecule has 1 aliphatic carbocycles. The second-order valence-corrected chi connectivity index (χ2v) is 6.13. The fourth-order valence-corrected chi connectivity index (χ4v) is 3.16. The van der Waals surface area contributed by atoms with Gasteiger partial charge in [-0.05, 0) is 31.1 Å². The lowest BCUT2D eigenvalue weighted by molar-refractivity contribution is 0.0487. The van der Waals surface area contributed by atoms with Gasteiger partial charge in [0.1, 0.15) is 0 Å². The number of carbonyl (C=O) groups excluding carboxylic acids is 1. The van der Waals surface area contributed by atoms with Crippen molar-refractivity contribution in [3.63, 3.8) is 0 Å². The van der Waals surface area contributed by atoms with Crippen molar-refractivity contribution in [2.45, 2.75) is 32.1 Å². The summed E-state index contributed by atoms with van der Waals surface area (Å²) in [5.41, 5.74) is 0.839. The Morgan fingerprint density at radius 1 is 1.35 bits per heavy atom. The third-order valence-electron chi connectivity index (χ3n) is 4.57. The number of hydrogen-bond donors (Lipinski definition) is 1. The molecule has 20 heavy (non-hydrogen) atoms. The number of anilines is 1. The molecular weight excluding hydrogens is 281 g/mol. The van der Waals surface area contributed by atoms with E-state index in [-0.39, 0.29) is 11.2 Å². The summed E-state index contributed by atoms with van der Waals surface area (Å²) in [6.45, 7) is 1.55. The van der Waals surface area contributed by atoms with Crippen LogP contribution in [0.2, 0.25) is 5.15 Å². The number of amides is 2. The Bertz CT molecular complexity index is 523. The molecule has 2 aliphatic rings. The molecular formula is C14H17ClFN3O. The van der Waals surface area contributed by atoms with Crippen molar-refractivity contribution in [1.82, 2.24) is 9.88 Å². The van der Waals surface area contributed by atoms with Crippen molar-refractivity contribution in [2.24, 2.45) is 5.41 Å². The average Bonchev–Trinajstić information content (AvgIpc) is 2.41. The van der Waals surface area contributed by atoms with Crippen LogP contribution in [0.3, 0.4) is 0 Å². The van der Waals surface area contributed by atoms with Gasteiger partial charge >= 0.3 is 6.03 Å². The highest BCUT2D eigenvalue weighted by Crippen LogP contribution is 2.48. The van der Waals surface area contributed by atoms with Crippen LogP contribution in [0.5, 0.6) is 0 Å². The monoisotopic (exact) mass is 297 g/mol. The largest absolute Gasteiger partial charge is 0.324 e. The maximum Gasteiger partial charge on any atom is 0.321 e. The number of nitrogens with zero attached hydrogens (tertiary/aromatic N) is 2. The molecule has 0 aromatic carbocycles. The number of carbonyl (C=O) groups is 1. The van der Waals surface area contributed by atoms with Gasteiger partial charge in [0.2, 0.25) is 0 Å². The first-order valence-electron chi connectivity index (χ1n) is 6.95. The molecule has 0 unspecified atom stereocenters. The normalized spacial score (nSPS) is 20.6. The number of nitrogens with one attached hydrogen (secondary N) is 1. The summed E-state index contributed by atoms with van der Waals surface area (Å²) in [5, 5.41) is 2.48. The number of likely N-dealkylation sites (tertiary alicyclic amines) is 1. The first-order chi connectivity index (χ1) is 9.58. The van der Waals surface area contributed by atoms with Crippen molar-refractivity contribution in [1.29, 1.82) is 0 Å². The Labute approximate surface area is 122 Å². The molecule has 1 aromatic heterocycles. The molecule has 2 amide bonds. The summed E-state index contributed by atoms with van der Waals surface area (Å²) in [6, 6.07) is 0.993. The van der Waals surface area contributed by atoms with Gasteiger partial charge in [-0.2, -0.15) is 0 Å². The number of rotatable bonds is 1. The standard InChI is InChI=1S/C14H17ClFN3O/c15-12-11(16)8-10(9-17-12)18-13(20)19-6-4-14(5-7-19)2-1-3-14/h8-9H,1-7H2,(H,18,20). The molecule has 1 saturated carbocycles. The molecule has 3 rings (SSSR count). The average molecular weight is 298 g/mol. The van der Waals surface area contributed by atoms with Crippen molar-refractivity contribution in [2.75, 3.05) is 18.4 Å². The highest BCUT2D eigenvalue weighted by atomic mass is 35.5. The summed E-state index contributed by atoms with van der Waals surface area (Å²) in [7, 11) is 0. The summed E-state index contributed by atoms with van der Waals surface area (Å²) < 4.78 is 13.3. The molecule has 0 bridgehead atoms. The van der Waals surface area contributed by atoms with Gasteiger partial charge < -0.3 is 10.2 Å². The first-order valence-corrected chi connectivity index (χ1v) is 7.33. The first kappa shape index (κ1) is 13.6. The molecule has 6 heteroatoms. The number of aromatic nitrogens is 1. The fraction of sp³-hybridized carbons (Fsp3) is 0.571. The zero-order valence-corrected chi connectivity index (χ0v) is 11.9. The van der Waals surface area contributed by atoms with Crippen molar-refractivity contribution >= 4 is 23.3 Å². The second-order valence-electron chi connectivity index (χ2n) is 5.77. The van der Waals surface area contributed by atoms with Gasteiger partial charge in [0, 0.05) is 19.2 Å². The highest BCUT2D eigenvalue weighted by molar-refractivity contribution is 6.29. The number of hydrogen-bond acceptors (Lipinski definition) is 2.